The van der Waals surface area contributed by atoms with E-state index in [1.165, 1.54) is 0 Å². The fourth-order valence-corrected chi connectivity index (χ4v) is 1.44. The molecule has 0 spiro atoms. The summed E-state index contributed by atoms with van der Waals surface area (Å²) in [6.07, 6.45) is -0.635. The highest BCUT2D eigenvalue weighted by Gasteiger charge is 2.13. The van der Waals surface area contributed by atoms with Crippen molar-refractivity contribution in [3.63, 3.8) is 0 Å². The van der Waals surface area contributed by atoms with Crippen LogP contribution in [0.5, 0.6) is 0 Å². The van der Waals surface area contributed by atoms with Gasteiger partial charge in [0.1, 0.15) is 6.61 Å². The standard InChI is InChI=1S/C13H17NO5/c15-8-11(6-7-12(16)17)14-13(18)19-9-10-4-2-1-3-5-10/h1-5,11,15H,6-9H2,(H,14,18)(H,16,17)/t11-/m1/s1. The number of carboxylic acid groups (broad SMARTS) is 1. The summed E-state index contributed by atoms with van der Waals surface area (Å²) in [7, 11) is 0. The van der Waals surface area contributed by atoms with E-state index in [9.17, 15) is 9.59 Å². The second kappa shape index (κ2) is 8.10. The summed E-state index contributed by atoms with van der Waals surface area (Å²) in [6, 6.07) is 8.55. The molecular weight excluding hydrogens is 250 g/mol. The molecule has 0 aliphatic heterocycles. The van der Waals surface area contributed by atoms with E-state index < -0.39 is 18.1 Å². The van der Waals surface area contributed by atoms with Gasteiger partial charge in [0.05, 0.1) is 12.6 Å². The highest BCUT2D eigenvalue weighted by atomic mass is 16.5. The van der Waals surface area contributed by atoms with Gasteiger partial charge in [-0.1, -0.05) is 30.3 Å². The van der Waals surface area contributed by atoms with Crippen LogP contribution < -0.4 is 5.32 Å². The molecule has 0 aliphatic carbocycles. The third kappa shape index (κ3) is 6.42. The Hall–Kier alpha value is -2.08. The SMILES string of the molecule is O=C(O)CC[C@H](CO)NC(=O)OCc1ccccc1. The summed E-state index contributed by atoms with van der Waals surface area (Å²) >= 11 is 0. The molecule has 1 atom stereocenters. The average molecular weight is 267 g/mol. The molecule has 1 aromatic carbocycles. The van der Waals surface area contributed by atoms with Crippen LogP contribution in [0.4, 0.5) is 4.79 Å². The summed E-state index contributed by atoms with van der Waals surface area (Å²) in [5.74, 6) is -0.974. The number of ether oxygens (including phenoxy) is 1. The summed E-state index contributed by atoms with van der Waals surface area (Å²) < 4.78 is 4.96. The third-order valence-electron chi connectivity index (χ3n) is 2.46. The van der Waals surface area contributed by atoms with Crippen LogP contribution in [0, 0.1) is 0 Å². The first kappa shape index (κ1) is 15.0. The fourth-order valence-electron chi connectivity index (χ4n) is 1.44. The lowest BCUT2D eigenvalue weighted by Gasteiger charge is -2.15. The molecule has 3 N–H and O–H groups in total. The predicted molar refractivity (Wildman–Crippen MR) is 67.5 cm³/mol. The van der Waals surface area contributed by atoms with Crippen molar-refractivity contribution in [1.82, 2.24) is 5.32 Å². The molecule has 1 amide bonds. The Balaban J connectivity index is 2.30. The third-order valence-corrected chi connectivity index (χ3v) is 2.46. The Kier molecular flexibility index (Phi) is 6.38. The number of rotatable bonds is 7. The molecule has 0 saturated carbocycles. The van der Waals surface area contributed by atoms with E-state index in [0.717, 1.165) is 5.56 Å². The lowest BCUT2D eigenvalue weighted by Crippen LogP contribution is -2.38. The number of hydrogen-bond donors (Lipinski definition) is 3. The molecule has 104 valence electrons. The summed E-state index contributed by atoms with van der Waals surface area (Å²) in [4.78, 5) is 21.8. The van der Waals surface area contributed by atoms with Crippen LogP contribution in [0.1, 0.15) is 18.4 Å². The van der Waals surface area contributed by atoms with Crippen LogP contribution in [0.3, 0.4) is 0 Å². The normalized spacial score (nSPS) is 11.6. The topological polar surface area (TPSA) is 95.9 Å². The largest absolute Gasteiger partial charge is 0.481 e. The number of aliphatic carboxylic acids is 1. The molecule has 19 heavy (non-hydrogen) atoms. The molecule has 6 heteroatoms. The zero-order valence-corrected chi connectivity index (χ0v) is 10.4. The number of alkyl carbamates (subject to hydrolysis) is 1. The highest BCUT2D eigenvalue weighted by Crippen LogP contribution is 2.02. The molecule has 0 aromatic heterocycles. The van der Waals surface area contributed by atoms with Gasteiger partial charge in [0.25, 0.3) is 0 Å². The van der Waals surface area contributed by atoms with E-state index in [4.69, 9.17) is 14.9 Å². The van der Waals surface area contributed by atoms with E-state index in [0.29, 0.717) is 0 Å². The zero-order chi connectivity index (χ0) is 14.1. The number of carboxylic acids is 1. The summed E-state index contributed by atoms with van der Waals surface area (Å²) in [5, 5.41) is 19.9. The van der Waals surface area contributed by atoms with Crippen LogP contribution in [0.2, 0.25) is 0 Å². The maximum Gasteiger partial charge on any atom is 0.407 e. The minimum absolute atomic E-state index is 0.121. The highest BCUT2D eigenvalue weighted by molar-refractivity contribution is 5.68. The Morgan fingerprint density at radius 1 is 1.26 bits per heavy atom. The first-order valence-corrected chi connectivity index (χ1v) is 5.91. The van der Waals surface area contributed by atoms with Gasteiger partial charge in [-0.2, -0.15) is 0 Å². The summed E-state index contributed by atoms with van der Waals surface area (Å²) in [6.45, 7) is -0.197. The van der Waals surface area contributed by atoms with Crippen molar-refractivity contribution in [1.29, 1.82) is 0 Å². The van der Waals surface area contributed by atoms with Crippen molar-refractivity contribution >= 4 is 12.1 Å². The van der Waals surface area contributed by atoms with Crippen LogP contribution in [0.25, 0.3) is 0 Å². The summed E-state index contributed by atoms with van der Waals surface area (Å²) in [5.41, 5.74) is 0.851. The smallest absolute Gasteiger partial charge is 0.407 e. The maximum absolute atomic E-state index is 11.4. The average Bonchev–Trinajstić information content (AvgIpc) is 2.42. The van der Waals surface area contributed by atoms with Gasteiger partial charge < -0.3 is 20.3 Å². The molecule has 1 rings (SSSR count). The number of benzene rings is 1. The van der Waals surface area contributed by atoms with E-state index in [2.05, 4.69) is 5.32 Å². The van der Waals surface area contributed by atoms with Crippen molar-refractivity contribution in [2.45, 2.75) is 25.5 Å². The van der Waals surface area contributed by atoms with E-state index >= 15 is 0 Å². The number of carbonyl (C=O) groups excluding carboxylic acids is 1. The Morgan fingerprint density at radius 2 is 1.95 bits per heavy atom. The minimum atomic E-state index is -0.974. The fraction of sp³-hybridized carbons (Fsp3) is 0.385. The monoisotopic (exact) mass is 267 g/mol. The molecule has 1 aromatic rings. The van der Waals surface area contributed by atoms with Crippen molar-refractivity contribution in [3.8, 4) is 0 Å². The molecule has 0 heterocycles. The van der Waals surface area contributed by atoms with Gasteiger partial charge in [0, 0.05) is 6.42 Å². The molecule has 6 nitrogen and oxygen atoms in total. The Labute approximate surface area is 111 Å². The molecule has 0 fully saturated rings. The van der Waals surface area contributed by atoms with Crippen molar-refractivity contribution < 1.29 is 24.5 Å². The van der Waals surface area contributed by atoms with Crippen LogP contribution in [0.15, 0.2) is 30.3 Å². The predicted octanol–water partition coefficient (Wildman–Crippen LogP) is 1.14. The van der Waals surface area contributed by atoms with Gasteiger partial charge in [-0.3, -0.25) is 4.79 Å². The first-order chi connectivity index (χ1) is 9.11. The van der Waals surface area contributed by atoms with E-state index in [1.54, 1.807) is 0 Å². The van der Waals surface area contributed by atoms with Crippen LogP contribution in [-0.2, 0) is 16.1 Å². The van der Waals surface area contributed by atoms with Crippen molar-refractivity contribution in [3.05, 3.63) is 35.9 Å². The number of aliphatic hydroxyl groups excluding tert-OH is 1. The molecular formula is C13H17NO5. The minimum Gasteiger partial charge on any atom is -0.481 e. The Bertz CT molecular complexity index is 407. The lowest BCUT2D eigenvalue weighted by molar-refractivity contribution is -0.137. The Morgan fingerprint density at radius 3 is 2.53 bits per heavy atom. The molecule has 0 bridgehead atoms. The number of nitrogens with one attached hydrogen (secondary N) is 1. The molecule has 0 saturated heterocycles. The lowest BCUT2D eigenvalue weighted by atomic mass is 10.2. The second-order valence-electron chi connectivity index (χ2n) is 4.02. The van der Waals surface area contributed by atoms with E-state index in [-0.39, 0.29) is 26.1 Å². The van der Waals surface area contributed by atoms with Gasteiger partial charge in [0.2, 0.25) is 0 Å². The number of amides is 1. The maximum atomic E-state index is 11.4. The zero-order valence-electron chi connectivity index (χ0n) is 10.4. The number of aliphatic hydroxyl groups is 1. The van der Waals surface area contributed by atoms with E-state index in [1.807, 2.05) is 30.3 Å². The van der Waals surface area contributed by atoms with Crippen molar-refractivity contribution in [2.75, 3.05) is 6.61 Å². The quantitative estimate of drug-likeness (QED) is 0.688. The molecule has 0 radical (unpaired) electrons. The van der Waals surface area contributed by atoms with Gasteiger partial charge in [0.15, 0.2) is 0 Å². The second-order valence-corrected chi connectivity index (χ2v) is 4.02. The van der Waals surface area contributed by atoms with Gasteiger partial charge in [-0.15, -0.1) is 0 Å². The molecule has 0 unspecified atom stereocenters. The van der Waals surface area contributed by atoms with Crippen molar-refractivity contribution in [2.24, 2.45) is 0 Å². The van der Waals surface area contributed by atoms with Gasteiger partial charge in [-0.05, 0) is 12.0 Å². The number of carbonyl (C=O) groups is 2. The molecule has 0 aliphatic rings. The van der Waals surface area contributed by atoms with Gasteiger partial charge >= 0.3 is 12.1 Å². The van der Waals surface area contributed by atoms with Crippen LogP contribution >= 0.6 is 0 Å². The number of hydrogen-bond acceptors (Lipinski definition) is 4. The first-order valence-electron chi connectivity index (χ1n) is 5.91. The van der Waals surface area contributed by atoms with Gasteiger partial charge in [-0.25, -0.2) is 4.79 Å². The van der Waals surface area contributed by atoms with Crippen LogP contribution in [-0.4, -0.2) is 34.9 Å².